The van der Waals surface area contributed by atoms with Gasteiger partial charge in [-0.3, -0.25) is 4.79 Å². The highest BCUT2D eigenvalue weighted by Crippen LogP contribution is 2.17. The summed E-state index contributed by atoms with van der Waals surface area (Å²) in [6, 6.07) is 15.2. The van der Waals surface area contributed by atoms with Crippen molar-refractivity contribution in [2.75, 3.05) is 6.54 Å². The Kier molecular flexibility index (Phi) is 4.91. The van der Waals surface area contributed by atoms with E-state index in [2.05, 4.69) is 10.6 Å². The molecule has 24 heavy (non-hydrogen) atoms. The molecule has 0 aliphatic carbocycles. The van der Waals surface area contributed by atoms with Crippen molar-refractivity contribution in [3.05, 3.63) is 76.9 Å². The predicted molar refractivity (Wildman–Crippen MR) is 91.3 cm³/mol. The molecule has 0 radical (unpaired) electrons. The number of alkyl carbamates (subject to hydrolysis) is 1. The highest BCUT2D eigenvalue weighted by Gasteiger charge is 2.17. The zero-order chi connectivity index (χ0) is 16.8. The molecule has 0 bridgehead atoms. The van der Waals surface area contributed by atoms with Gasteiger partial charge >= 0.3 is 6.09 Å². The van der Waals surface area contributed by atoms with Gasteiger partial charge in [-0.2, -0.15) is 0 Å². The van der Waals surface area contributed by atoms with Crippen LogP contribution < -0.4 is 10.6 Å². The third-order valence-electron chi connectivity index (χ3n) is 3.71. The molecule has 1 heterocycles. The second-order valence-electron chi connectivity index (χ2n) is 5.44. The Morgan fingerprint density at radius 2 is 2.04 bits per heavy atom. The van der Waals surface area contributed by atoms with Crippen LogP contribution >= 0.6 is 0 Å². The van der Waals surface area contributed by atoms with Gasteiger partial charge in [-0.05, 0) is 22.8 Å². The Labute approximate surface area is 140 Å². The van der Waals surface area contributed by atoms with E-state index in [0.29, 0.717) is 18.7 Å². The molecular formula is C19H18N2O3. The van der Waals surface area contributed by atoms with Crippen LogP contribution in [0.1, 0.15) is 27.0 Å². The molecule has 0 saturated heterocycles. The lowest BCUT2D eigenvalue weighted by Crippen LogP contribution is -2.24. The van der Waals surface area contributed by atoms with Crippen molar-refractivity contribution in [3.63, 3.8) is 0 Å². The lowest BCUT2D eigenvalue weighted by Gasteiger charge is -2.05. The van der Waals surface area contributed by atoms with Gasteiger partial charge in [0.2, 0.25) is 0 Å². The third kappa shape index (κ3) is 4.01. The van der Waals surface area contributed by atoms with Crippen LogP contribution in [0.25, 0.3) is 6.08 Å². The van der Waals surface area contributed by atoms with Gasteiger partial charge in [0, 0.05) is 18.7 Å². The number of fused-ring (bicyclic) bond motifs is 1. The molecule has 3 rings (SSSR count). The van der Waals surface area contributed by atoms with Gasteiger partial charge < -0.3 is 15.4 Å². The van der Waals surface area contributed by atoms with E-state index in [1.54, 1.807) is 0 Å². The Morgan fingerprint density at radius 3 is 2.88 bits per heavy atom. The van der Waals surface area contributed by atoms with Gasteiger partial charge in [0.05, 0.1) is 0 Å². The summed E-state index contributed by atoms with van der Waals surface area (Å²) in [4.78, 5) is 23.2. The molecule has 2 amide bonds. The van der Waals surface area contributed by atoms with Crippen molar-refractivity contribution in [3.8, 4) is 0 Å². The van der Waals surface area contributed by atoms with Gasteiger partial charge in [0.15, 0.2) is 0 Å². The summed E-state index contributed by atoms with van der Waals surface area (Å²) >= 11 is 0. The first-order valence-electron chi connectivity index (χ1n) is 7.74. The Bertz CT molecular complexity index is 769. The molecule has 0 aromatic heterocycles. The zero-order valence-corrected chi connectivity index (χ0v) is 13.1. The predicted octanol–water partition coefficient (Wildman–Crippen LogP) is 2.87. The minimum atomic E-state index is -0.461. The van der Waals surface area contributed by atoms with E-state index in [-0.39, 0.29) is 12.5 Å². The molecule has 0 spiro atoms. The number of hydrogen-bond acceptors (Lipinski definition) is 3. The molecule has 1 aliphatic rings. The molecule has 2 aromatic rings. The first kappa shape index (κ1) is 15.8. The zero-order valence-electron chi connectivity index (χ0n) is 13.1. The third-order valence-corrected chi connectivity index (χ3v) is 3.71. The molecule has 0 atom stereocenters. The van der Waals surface area contributed by atoms with Crippen LogP contribution in [0.2, 0.25) is 0 Å². The van der Waals surface area contributed by atoms with Gasteiger partial charge in [-0.1, -0.05) is 54.6 Å². The van der Waals surface area contributed by atoms with Gasteiger partial charge in [0.25, 0.3) is 5.91 Å². The fourth-order valence-corrected chi connectivity index (χ4v) is 2.45. The first-order chi connectivity index (χ1) is 11.7. The van der Waals surface area contributed by atoms with Crippen molar-refractivity contribution >= 4 is 18.1 Å². The van der Waals surface area contributed by atoms with Crippen molar-refractivity contribution in [2.45, 2.75) is 13.2 Å². The maximum atomic E-state index is 11.6. The standard InChI is InChI=1S/C19H18N2O3/c22-18-17-11-14(8-9-16(17)12-21-18)7-4-10-20-19(23)24-13-15-5-2-1-3-6-15/h1-9,11H,10,12-13H2,(H,20,23)(H,21,22). The number of hydrogen-bond donors (Lipinski definition) is 2. The summed E-state index contributed by atoms with van der Waals surface area (Å²) in [5.41, 5.74) is 3.59. The molecule has 1 aliphatic heterocycles. The molecule has 0 fully saturated rings. The molecule has 5 nitrogen and oxygen atoms in total. The Balaban J connectivity index is 1.44. The summed E-state index contributed by atoms with van der Waals surface area (Å²) in [7, 11) is 0. The number of carbonyl (C=O) groups excluding carboxylic acids is 2. The SMILES string of the molecule is O=C(NCC=Cc1ccc2c(c1)C(=O)NC2)OCc1ccccc1. The summed E-state index contributed by atoms with van der Waals surface area (Å²) in [5.74, 6) is -0.0390. The largest absolute Gasteiger partial charge is 0.445 e. The summed E-state index contributed by atoms with van der Waals surface area (Å²) < 4.78 is 5.12. The lowest BCUT2D eigenvalue weighted by atomic mass is 10.1. The van der Waals surface area contributed by atoms with Crippen LogP contribution in [0.15, 0.2) is 54.6 Å². The fraction of sp³-hybridized carbons (Fsp3) is 0.158. The molecule has 2 aromatic carbocycles. The van der Waals surface area contributed by atoms with Crippen molar-refractivity contribution in [1.82, 2.24) is 10.6 Å². The minimum absolute atomic E-state index is 0.0390. The molecule has 0 saturated carbocycles. The fourth-order valence-electron chi connectivity index (χ4n) is 2.45. The van der Waals surface area contributed by atoms with E-state index in [9.17, 15) is 9.59 Å². The van der Waals surface area contributed by atoms with Crippen LogP contribution in [-0.2, 0) is 17.9 Å². The smallest absolute Gasteiger partial charge is 0.407 e. The van der Waals surface area contributed by atoms with Crippen LogP contribution in [-0.4, -0.2) is 18.5 Å². The summed E-state index contributed by atoms with van der Waals surface area (Å²) in [5, 5.41) is 5.44. The molecular weight excluding hydrogens is 304 g/mol. The van der Waals surface area contributed by atoms with E-state index in [4.69, 9.17) is 4.74 Å². The van der Waals surface area contributed by atoms with E-state index >= 15 is 0 Å². The second kappa shape index (κ2) is 7.46. The average molecular weight is 322 g/mol. The minimum Gasteiger partial charge on any atom is -0.445 e. The maximum Gasteiger partial charge on any atom is 0.407 e. The number of benzene rings is 2. The van der Waals surface area contributed by atoms with Crippen LogP contribution in [0.5, 0.6) is 0 Å². The van der Waals surface area contributed by atoms with Crippen molar-refractivity contribution < 1.29 is 14.3 Å². The number of amides is 2. The molecule has 0 unspecified atom stereocenters. The summed E-state index contributed by atoms with van der Waals surface area (Å²) in [6.07, 6.45) is 3.22. The van der Waals surface area contributed by atoms with Crippen LogP contribution in [0, 0.1) is 0 Å². The Hall–Kier alpha value is -3.08. The molecule has 2 N–H and O–H groups in total. The highest BCUT2D eigenvalue weighted by molar-refractivity contribution is 5.98. The van der Waals surface area contributed by atoms with Gasteiger partial charge in [-0.25, -0.2) is 4.79 Å². The van der Waals surface area contributed by atoms with E-state index in [1.165, 1.54) is 0 Å². The van der Waals surface area contributed by atoms with Crippen LogP contribution in [0.3, 0.4) is 0 Å². The molecule has 122 valence electrons. The maximum absolute atomic E-state index is 11.6. The van der Waals surface area contributed by atoms with Crippen molar-refractivity contribution in [2.24, 2.45) is 0 Å². The number of nitrogens with one attached hydrogen (secondary N) is 2. The topological polar surface area (TPSA) is 67.4 Å². The van der Waals surface area contributed by atoms with E-state index in [0.717, 1.165) is 16.7 Å². The monoisotopic (exact) mass is 322 g/mol. The highest BCUT2D eigenvalue weighted by atomic mass is 16.5. The normalized spacial score (nSPS) is 12.8. The van der Waals surface area contributed by atoms with Gasteiger partial charge in [-0.15, -0.1) is 0 Å². The van der Waals surface area contributed by atoms with Crippen LogP contribution in [0.4, 0.5) is 4.79 Å². The summed E-state index contributed by atoms with van der Waals surface area (Å²) in [6.45, 7) is 1.19. The first-order valence-corrected chi connectivity index (χ1v) is 7.74. The van der Waals surface area contributed by atoms with Gasteiger partial charge in [0.1, 0.15) is 6.61 Å². The quantitative estimate of drug-likeness (QED) is 0.889. The number of ether oxygens (including phenoxy) is 1. The van der Waals surface area contributed by atoms with E-state index in [1.807, 2.05) is 60.7 Å². The number of carbonyl (C=O) groups is 2. The average Bonchev–Trinajstić information content (AvgIpc) is 2.98. The van der Waals surface area contributed by atoms with E-state index < -0.39 is 6.09 Å². The lowest BCUT2D eigenvalue weighted by molar-refractivity contribution is 0.0965. The Morgan fingerprint density at radius 1 is 1.21 bits per heavy atom. The van der Waals surface area contributed by atoms with Crippen molar-refractivity contribution in [1.29, 1.82) is 0 Å². The molecule has 5 heteroatoms. The number of rotatable bonds is 5. The second-order valence-corrected chi connectivity index (χ2v) is 5.44.